The van der Waals surface area contributed by atoms with E-state index in [2.05, 4.69) is 5.32 Å². The van der Waals surface area contributed by atoms with Crippen molar-refractivity contribution in [3.8, 4) is 17.2 Å². The van der Waals surface area contributed by atoms with Crippen LogP contribution in [0.1, 0.15) is 18.6 Å². The van der Waals surface area contributed by atoms with Crippen LogP contribution in [0.3, 0.4) is 0 Å². The van der Waals surface area contributed by atoms with Gasteiger partial charge in [0, 0.05) is 6.54 Å². The van der Waals surface area contributed by atoms with Crippen LogP contribution in [-0.4, -0.2) is 37.9 Å². The fraction of sp³-hybridized carbons (Fsp3) is 0.316. The Labute approximate surface area is 147 Å². The lowest BCUT2D eigenvalue weighted by Crippen LogP contribution is -2.38. The smallest absolute Gasteiger partial charge is 0.260 e. The highest BCUT2D eigenvalue weighted by atomic mass is 16.5. The standard InChI is InChI=1S/C19H23NO5/c1-13(25-15-7-5-4-6-8-15)19(22)20-12-16(21)14-9-10-17(23-2)18(11-14)24-3/h4-11,13,16,21H,12H2,1-3H3,(H,20,22)/t13-,16+/m1/s1. The summed E-state index contributed by atoms with van der Waals surface area (Å²) in [5, 5.41) is 13.0. The van der Waals surface area contributed by atoms with Crippen LogP contribution >= 0.6 is 0 Å². The summed E-state index contributed by atoms with van der Waals surface area (Å²) in [6.45, 7) is 1.72. The van der Waals surface area contributed by atoms with Gasteiger partial charge in [0.1, 0.15) is 5.75 Å². The molecule has 2 aromatic rings. The van der Waals surface area contributed by atoms with Gasteiger partial charge in [-0.15, -0.1) is 0 Å². The first-order chi connectivity index (χ1) is 12.0. The molecule has 134 valence electrons. The second kappa shape index (κ2) is 8.94. The number of carbonyl (C=O) groups is 1. The summed E-state index contributed by atoms with van der Waals surface area (Å²) < 4.78 is 15.9. The van der Waals surface area contributed by atoms with Gasteiger partial charge in [0.15, 0.2) is 17.6 Å². The van der Waals surface area contributed by atoms with Crippen LogP contribution in [0.2, 0.25) is 0 Å². The van der Waals surface area contributed by atoms with Crippen LogP contribution in [0, 0.1) is 0 Å². The van der Waals surface area contributed by atoms with Gasteiger partial charge in [-0.1, -0.05) is 24.3 Å². The van der Waals surface area contributed by atoms with Gasteiger partial charge in [-0.05, 0) is 36.8 Å². The molecule has 0 radical (unpaired) electrons. The summed E-state index contributed by atoms with van der Waals surface area (Å²) in [6, 6.07) is 14.2. The Morgan fingerprint density at radius 3 is 2.40 bits per heavy atom. The van der Waals surface area contributed by atoms with E-state index in [9.17, 15) is 9.90 Å². The van der Waals surface area contributed by atoms with Gasteiger partial charge in [0.2, 0.25) is 0 Å². The average Bonchev–Trinajstić information content (AvgIpc) is 2.65. The summed E-state index contributed by atoms with van der Waals surface area (Å²) in [6.07, 6.45) is -1.53. The van der Waals surface area contributed by atoms with Crippen molar-refractivity contribution < 1.29 is 24.1 Å². The van der Waals surface area contributed by atoms with Gasteiger partial charge in [-0.3, -0.25) is 4.79 Å². The molecule has 0 heterocycles. The Morgan fingerprint density at radius 2 is 1.76 bits per heavy atom. The number of aliphatic hydroxyl groups is 1. The molecule has 0 aliphatic rings. The fourth-order valence-corrected chi connectivity index (χ4v) is 2.28. The van der Waals surface area contributed by atoms with Crippen LogP contribution in [-0.2, 0) is 4.79 Å². The first-order valence-corrected chi connectivity index (χ1v) is 7.94. The molecule has 6 heteroatoms. The molecule has 0 fully saturated rings. The lowest BCUT2D eigenvalue weighted by molar-refractivity contribution is -0.127. The van der Waals surface area contributed by atoms with Crippen molar-refractivity contribution in [1.82, 2.24) is 5.32 Å². The lowest BCUT2D eigenvalue weighted by atomic mass is 10.1. The molecule has 0 aromatic heterocycles. The maximum atomic E-state index is 12.1. The van der Waals surface area contributed by atoms with Crippen molar-refractivity contribution >= 4 is 5.91 Å². The molecule has 2 atom stereocenters. The van der Waals surface area contributed by atoms with Crippen molar-refractivity contribution in [2.24, 2.45) is 0 Å². The van der Waals surface area contributed by atoms with E-state index >= 15 is 0 Å². The Morgan fingerprint density at radius 1 is 1.08 bits per heavy atom. The van der Waals surface area contributed by atoms with Crippen molar-refractivity contribution in [2.45, 2.75) is 19.1 Å². The van der Waals surface area contributed by atoms with E-state index < -0.39 is 12.2 Å². The van der Waals surface area contributed by atoms with E-state index in [1.165, 1.54) is 7.11 Å². The highest BCUT2D eigenvalue weighted by Gasteiger charge is 2.17. The largest absolute Gasteiger partial charge is 0.493 e. The number of benzene rings is 2. The third kappa shape index (κ3) is 5.12. The summed E-state index contributed by atoms with van der Waals surface area (Å²) in [4.78, 5) is 12.1. The van der Waals surface area contributed by atoms with Crippen LogP contribution in [0.15, 0.2) is 48.5 Å². The third-order valence-electron chi connectivity index (χ3n) is 3.69. The number of ether oxygens (including phenoxy) is 3. The molecule has 0 spiro atoms. The number of amides is 1. The summed E-state index contributed by atoms with van der Waals surface area (Å²) in [7, 11) is 3.07. The third-order valence-corrected chi connectivity index (χ3v) is 3.69. The first kappa shape index (κ1) is 18.6. The van der Waals surface area contributed by atoms with Gasteiger partial charge in [0.25, 0.3) is 5.91 Å². The monoisotopic (exact) mass is 345 g/mol. The predicted octanol–water partition coefficient (Wildman–Crippen LogP) is 2.32. The quantitative estimate of drug-likeness (QED) is 0.768. The van der Waals surface area contributed by atoms with Crippen LogP contribution < -0.4 is 19.5 Å². The fourth-order valence-electron chi connectivity index (χ4n) is 2.28. The Kier molecular flexibility index (Phi) is 6.65. The van der Waals surface area contributed by atoms with E-state index in [0.717, 1.165) is 0 Å². The second-order valence-electron chi connectivity index (χ2n) is 5.45. The molecule has 0 bridgehead atoms. The van der Waals surface area contributed by atoms with Crippen molar-refractivity contribution in [3.63, 3.8) is 0 Å². The zero-order valence-electron chi connectivity index (χ0n) is 14.6. The number of rotatable bonds is 8. The first-order valence-electron chi connectivity index (χ1n) is 7.94. The topological polar surface area (TPSA) is 77.0 Å². The lowest BCUT2D eigenvalue weighted by Gasteiger charge is -2.17. The molecule has 6 nitrogen and oxygen atoms in total. The van der Waals surface area contributed by atoms with E-state index in [0.29, 0.717) is 22.8 Å². The summed E-state index contributed by atoms with van der Waals surface area (Å²) in [5.74, 6) is 1.41. The SMILES string of the molecule is COc1ccc([C@@H](O)CNC(=O)[C@@H](C)Oc2ccccc2)cc1OC. The zero-order valence-corrected chi connectivity index (χ0v) is 14.6. The van der Waals surface area contributed by atoms with E-state index in [1.807, 2.05) is 18.2 Å². The minimum atomic E-state index is -0.868. The number of carbonyl (C=O) groups excluding carboxylic acids is 1. The molecule has 0 unspecified atom stereocenters. The molecule has 2 rings (SSSR count). The average molecular weight is 345 g/mol. The highest BCUT2D eigenvalue weighted by Crippen LogP contribution is 2.29. The molecular weight excluding hydrogens is 322 g/mol. The van der Waals surface area contributed by atoms with Gasteiger partial charge in [0.05, 0.1) is 20.3 Å². The minimum absolute atomic E-state index is 0.0663. The number of para-hydroxylation sites is 1. The van der Waals surface area contributed by atoms with Crippen LogP contribution in [0.25, 0.3) is 0 Å². The normalized spacial score (nSPS) is 12.8. The maximum Gasteiger partial charge on any atom is 0.260 e. The number of aliphatic hydroxyl groups excluding tert-OH is 1. The summed E-state index contributed by atoms with van der Waals surface area (Å²) >= 11 is 0. The molecule has 1 amide bonds. The Hall–Kier alpha value is -2.73. The molecular formula is C19H23NO5. The molecule has 0 aliphatic heterocycles. The van der Waals surface area contributed by atoms with E-state index in [1.54, 1.807) is 44.4 Å². The van der Waals surface area contributed by atoms with Crippen molar-refractivity contribution in [3.05, 3.63) is 54.1 Å². The van der Waals surface area contributed by atoms with E-state index in [-0.39, 0.29) is 12.5 Å². The molecule has 0 saturated heterocycles. The Bertz CT molecular complexity index is 689. The molecule has 2 aromatic carbocycles. The molecule has 0 saturated carbocycles. The van der Waals surface area contributed by atoms with Gasteiger partial charge in [-0.25, -0.2) is 0 Å². The van der Waals surface area contributed by atoms with Crippen molar-refractivity contribution in [2.75, 3.05) is 20.8 Å². The maximum absolute atomic E-state index is 12.1. The van der Waals surface area contributed by atoms with Gasteiger partial charge < -0.3 is 24.6 Å². The predicted molar refractivity (Wildman–Crippen MR) is 94.0 cm³/mol. The second-order valence-corrected chi connectivity index (χ2v) is 5.45. The van der Waals surface area contributed by atoms with E-state index in [4.69, 9.17) is 14.2 Å². The van der Waals surface area contributed by atoms with Crippen molar-refractivity contribution in [1.29, 1.82) is 0 Å². The number of hydrogen-bond acceptors (Lipinski definition) is 5. The van der Waals surface area contributed by atoms with Gasteiger partial charge >= 0.3 is 0 Å². The van der Waals surface area contributed by atoms with Crippen LogP contribution in [0.4, 0.5) is 0 Å². The molecule has 2 N–H and O–H groups in total. The summed E-state index contributed by atoms with van der Waals surface area (Å²) in [5.41, 5.74) is 0.620. The zero-order chi connectivity index (χ0) is 18.2. The Balaban J connectivity index is 1.90. The number of methoxy groups -OCH3 is 2. The highest BCUT2D eigenvalue weighted by molar-refractivity contribution is 5.80. The number of nitrogens with one attached hydrogen (secondary N) is 1. The minimum Gasteiger partial charge on any atom is -0.493 e. The molecule has 25 heavy (non-hydrogen) atoms. The molecule has 0 aliphatic carbocycles. The van der Waals surface area contributed by atoms with Crippen LogP contribution in [0.5, 0.6) is 17.2 Å². The van der Waals surface area contributed by atoms with Gasteiger partial charge in [-0.2, -0.15) is 0 Å². The number of hydrogen-bond donors (Lipinski definition) is 2.